The number of amides is 8. The predicted molar refractivity (Wildman–Crippen MR) is 284 cm³/mol. The minimum absolute atomic E-state index is 0.0187. The molecule has 10 atom stereocenters. The Morgan fingerprint density at radius 1 is 0.766 bits per heavy atom. The van der Waals surface area contributed by atoms with Crippen molar-refractivity contribution >= 4 is 64.1 Å². The zero-order chi connectivity index (χ0) is 56.3. The Balaban J connectivity index is 1.48. The number of aliphatic carboxylic acids is 1. The first-order chi connectivity index (χ1) is 36.7. The minimum Gasteiger partial charge on any atom is -0.481 e. The van der Waals surface area contributed by atoms with Crippen molar-refractivity contribution in [2.75, 3.05) is 13.1 Å². The number of fused-ring (bicyclic) bond motifs is 1. The van der Waals surface area contributed by atoms with Crippen molar-refractivity contribution in [2.45, 2.75) is 153 Å². The van der Waals surface area contributed by atoms with Crippen LogP contribution in [-0.2, 0) is 62.4 Å². The monoisotopic (exact) mass is 1070 g/mol. The van der Waals surface area contributed by atoms with E-state index in [4.69, 9.17) is 22.9 Å². The van der Waals surface area contributed by atoms with Gasteiger partial charge in [0.1, 0.15) is 36.3 Å². The van der Waals surface area contributed by atoms with Crippen LogP contribution in [0.15, 0.2) is 67.0 Å². The fraction of sp³-hybridized carbons (Fsp3) is 0.528. The zero-order valence-electron chi connectivity index (χ0n) is 44.2. The topological polar surface area (TPSA) is 388 Å². The fourth-order valence-electron chi connectivity index (χ4n) is 9.18. The lowest BCUT2D eigenvalue weighted by molar-refractivity contribution is -0.144. The number of nitrogens with two attached hydrogens (primary N) is 4. The summed E-state index contributed by atoms with van der Waals surface area (Å²) in [5.41, 5.74) is 26.3. The van der Waals surface area contributed by atoms with Crippen LogP contribution in [-0.4, -0.2) is 139 Å². The first-order valence-electron chi connectivity index (χ1n) is 26.3. The van der Waals surface area contributed by atoms with E-state index in [1.54, 1.807) is 37.8 Å². The molecule has 1 aliphatic rings. The molecule has 1 fully saturated rings. The number of carbonyl (C=O) groups is 9. The number of aromatic nitrogens is 4. The maximum atomic E-state index is 15.2. The molecule has 77 heavy (non-hydrogen) atoms. The molecule has 0 spiro atoms. The van der Waals surface area contributed by atoms with Crippen LogP contribution in [0.4, 0.5) is 0 Å². The van der Waals surface area contributed by atoms with Crippen molar-refractivity contribution in [2.24, 2.45) is 34.8 Å². The van der Waals surface area contributed by atoms with Gasteiger partial charge in [0.15, 0.2) is 0 Å². The first-order valence-corrected chi connectivity index (χ1v) is 26.3. The van der Waals surface area contributed by atoms with Crippen molar-refractivity contribution in [3.8, 4) is 0 Å². The molecule has 0 radical (unpaired) electrons. The second-order valence-electron chi connectivity index (χ2n) is 20.0. The highest BCUT2D eigenvalue weighted by Crippen LogP contribution is 2.30. The number of hydrogen-bond acceptors (Lipinski definition) is 13. The SMILES string of the molecule is CC[C@H](C)[C@H](N)C(=O)N[C@@H](CCC(=O)O)C(=O)N[C@@H](CC(N)=O)C(=O)N[C@H](C(=O)N1C[C@@H](n2cc(CCc3ccccc3)nn2)C[C@H]1C(=O)N[C@@H](Cc1c[nH]c2ccccc12)C(=O)N[C@@H](CCCCN)C(N)=O)[C@@H](C)CC. The molecular formula is C53H76N14O10. The van der Waals surface area contributed by atoms with Crippen molar-refractivity contribution in [3.63, 3.8) is 0 Å². The molecule has 2 aromatic heterocycles. The first kappa shape index (κ1) is 60.1. The lowest BCUT2D eigenvalue weighted by atomic mass is 9.96. The highest BCUT2D eigenvalue weighted by Gasteiger charge is 2.45. The van der Waals surface area contributed by atoms with Crippen LogP contribution < -0.4 is 49.5 Å². The molecule has 24 heteroatoms. The smallest absolute Gasteiger partial charge is 0.303 e. The number of para-hydroxylation sites is 1. The highest BCUT2D eigenvalue weighted by molar-refractivity contribution is 5.99. The van der Waals surface area contributed by atoms with Crippen molar-refractivity contribution < 1.29 is 48.3 Å². The van der Waals surface area contributed by atoms with E-state index in [0.717, 1.165) is 16.5 Å². The third-order valence-electron chi connectivity index (χ3n) is 14.3. The molecule has 4 aromatic rings. The number of hydrogen-bond donors (Lipinski definition) is 11. The van der Waals surface area contributed by atoms with E-state index in [-0.39, 0.29) is 31.7 Å². The molecule has 8 amide bonds. The molecule has 24 nitrogen and oxygen atoms in total. The summed E-state index contributed by atoms with van der Waals surface area (Å²) in [7, 11) is 0. The van der Waals surface area contributed by atoms with Crippen LogP contribution in [0, 0.1) is 11.8 Å². The average Bonchev–Trinajstić information content (AvgIpc) is 4.19. The van der Waals surface area contributed by atoms with Crippen LogP contribution in [0.1, 0.15) is 108 Å². The van der Waals surface area contributed by atoms with Gasteiger partial charge in [-0.3, -0.25) is 43.2 Å². The predicted octanol–water partition coefficient (Wildman–Crippen LogP) is 0.127. The summed E-state index contributed by atoms with van der Waals surface area (Å²) >= 11 is 0. The van der Waals surface area contributed by atoms with Crippen molar-refractivity contribution in [3.05, 3.63) is 83.8 Å². The number of H-pyrrole nitrogens is 1. The summed E-state index contributed by atoms with van der Waals surface area (Å²) in [5.74, 6) is -8.93. The summed E-state index contributed by atoms with van der Waals surface area (Å²) in [6.07, 6.45) is 4.99. The minimum atomic E-state index is -1.72. The molecule has 2 aromatic carbocycles. The van der Waals surface area contributed by atoms with Crippen molar-refractivity contribution in [1.29, 1.82) is 0 Å². The van der Waals surface area contributed by atoms with Gasteiger partial charge in [0.25, 0.3) is 0 Å². The zero-order valence-corrected chi connectivity index (χ0v) is 44.2. The number of nitrogens with zero attached hydrogens (tertiary/aromatic N) is 4. The summed E-state index contributed by atoms with van der Waals surface area (Å²) < 4.78 is 1.58. The lowest BCUT2D eigenvalue weighted by Crippen LogP contribution is -2.61. The van der Waals surface area contributed by atoms with Crippen molar-refractivity contribution in [1.82, 2.24) is 51.5 Å². The van der Waals surface area contributed by atoms with E-state index < -0.39 is 127 Å². The number of aryl methyl sites for hydroxylation is 2. The van der Waals surface area contributed by atoms with Gasteiger partial charge >= 0.3 is 5.97 Å². The number of primary amides is 2. The number of unbranched alkanes of at least 4 members (excludes halogenated alkanes) is 1. The van der Waals surface area contributed by atoms with Gasteiger partial charge in [-0.15, -0.1) is 5.10 Å². The molecule has 1 aliphatic heterocycles. The molecule has 0 bridgehead atoms. The Hall–Kier alpha value is -7.73. The Kier molecular flexibility index (Phi) is 22.6. The third kappa shape index (κ3) is 17.1. The number of nitrogens with one attached hydrogen (secondary N) is 6. The Labute approximate surface area is 447 Å². The number of carbonyl (C=O) groups excluding carboxylic acids is 8. The van der Waals surface area contributed by atoms with Gasteiger partial charge < -0.3 is 64.5 Å². The van der Waals surface area contributed by atoms with Gasteiger partial charge in [-0.1, -0.05) is 94.3 Å². The summed E-state index contributed by atoms with van der Waals surface area (Å²) in [5, 5.41) is 32.2. The molecule has 0 aliphatic carbocycles. The van der Waals surface area contributed by atoms with Gasteiger partial charge in [-0.2, -0.15) is 0 Å². The summed E-state index contributed by atoms with van der Waals surface area (Å²) in [6.45, 7) is 7.24. The number of rotatable bonds is 31. The van der Waals surface area contributed by atoms with E-state index in [9.17, 15) is 38.7 Å². The van der Waals surface area contributed by atoms with Gasteiger partial charge in [0.05, 0.1) is 24.2 Å². The molecule has 0 unspecified atom stereocenters. The number of carboxylic acid groups (broad SMARTS) is 1. The lowest BCUT2D eigenvalue weighted by Gasteiger charge is -2.33. The number of aromatic amines is 1. The molecule has 0 saturated carbocycles. The van der Waals surface area contributed by atoms with Gasteiger partial charge in [-0.05, 0) is 74.1 Å². The van der Waals surface area contributed by atoms with Crippen LogP contribution in [0.25, 0.3) is 10.9 Å². The molecule has 5 rings (SSSR count). The third-order valence-corrected chi connectivity index (χ3v) is 14.3. The Morgan fingerprint density at radius 3 is 2.08 bits per heavy atom. The van der Waals surface area contributed by atoms with E-state index in [1.165, 1.54) is 4.90 Å². The van der Waals surface area contributed by atoms with E-state index in [0.29, 0.717) is 56.3 Å². The van der Waals surface area contributed by atoms with Crippen LogP contribution in [0.5, 0.6) is 0 Å². The Morgan fingerprint density at radius 2 is 1.42 bits per heavy atom. The Bertz CT molecular complexity index is 2680. The maximum Gasteiger partial charge on any atom is 0.303 e. The van der Waals surface area contributed by atoms with Crippen LogP contribution >= 0.6 is 0 Å². The quantitative estimate of drug-likeness (QED) is 0.0299. The fourth-order valence-corrected chi connectivity index (χ4v) is 9.18. The van der Waals surface area contributed by atoms with E-state index in [1.807, 2.05) is 61.5 Å². The average molecular weight is 1070 g/mol. The standard InChI is InChI=1S/C53H76N14O10/c1-5-30(3)45(56)52(76)60-39(21-22-44(69)70)48(72)61-41(26-43(55)68)50(74)63-46(31(4)6-2)53(77)66-29-35(67-28-34(64-65-67)20-19-32-14-8-7-9-15-32)25-42(66)51(75)62-40(24-33-27-58-37-17-11-10-16-36(33)37)49(73)59-38(47(57)71)18-12-13-23-54/h7-11,14-17,27-28,30-31,35,38-42,45-46,58H,5-6,12-13,18-26,29,54,56H2,1-4H3,(H2,55,68)(H2,57,71)(H,59,73)(H,60,76)(H,61,72)(H,62,75)(H,63,74)(H,69,70)/t30-,31-,35-,38-,39-,40-,41-,42-,45-,46-/m0/s1. The highest BCUT2D eigenvalue weighted by atomic mass is 16.4. The molecule has 15 N–H and O–H groups in total. The maximum absolute atomic E-state index is 15.2. The summed E-state index contributed by atoms with van der Waals surface area (Å²) in [6, 6.07) is 7.19. The van der Waals surface area contributed by atoms with Crippen LogP contribution in [0.3, 0.4) is 0 Å². The van der Waals surface area contributed by atoms with Gasteiger partial charge in [0.2, 0.25) is 47.3 Å². The van der Waals surface area contributed by atoms with Gasteiger partial charge in [-0.25, -0.2) is 4.68 Å². The van der Waals surface area contributed by atoms with E-state index in [2.05, 4.69) is 41.9 Å². The molecule has 3 heterocycles. The summed E-state index contributed by atoms with van der Waals surface area (Å²) in [4.78, 5) is 127. The molecular weight excluding hydrogens is 993 g/mol. The number of carboxylic acids is 1. The number of likely N-dealkylation sites (tertiary alicyclic amines) is 1. The normalized spacial score (nSPS) is 17.4. The molecule has 418 valence electrons. The molecule has 1 saturated heterocycles. The van der Waals surface area contributed by atoms with E-state index >= 15 is 9.59 Å². The second-order valence-corrected chi connectivity index (χ2v) is 20.0. The van der Waals surface area contributed by atoms with Gasteiger partial charge in [0, 0.05) is 49.1 Å². The largest absolute Gasteiger partial charge is 0.481 e. The second kappa shape index (κ2) is 29.0. The van der Waals surface area contributed by atoms with Crippen LogP contribution in [0.2, 0.25) is 0 Å². The number of benzene rings is 2.